The van der Waals surface area contributed by atoms with Crippen molar-refractivity contribution in [3.63, 3.8) is 0 Å². The van der Waals surface area contributed by atoms with Gasteiger partial charge in [0.15, 0.2) is 0 Å². The van der Waals surface area contributed by atoms with Crippen molar-refractivity contribution < 1.29 is 0 Å². The molecule has 1 fully saturated rings. The van der Waals surface area contributed by atoms with Gasteiger partial charge in [-0.25, -0.2) is 0 Å². The lowest BCUT2D eigenvalue weighted by atomic mass is 9.72. The van der Waals surface area contributed by atoms with E-state index in [2.05, 4.69) is 24.3 Å². The molecule has 2 unspecified atom stereocenters. The fourth-order valence-electron chi connectivity index (χ4n) is 1.44. The summed E-state index contributed by atoms with van der Waals surface area (Å²) in [5, 5.41) is 0. The first-order valence-corrected chi connectivity index (χ1v) is 3.32. The van der Waals surface area contributed by atoms with Crippen LogP contribution in [-0.4, -0.2) is 0 Å². The monoisotopic (exact) mass is 106 g/mol. The Balaban J connectivity index is 2.17. The minimum absolute atomic E-state index is 0.917. The van der Waals surface area contributed by atoms with E-state index in [1.165, 1.54) is 12.8 Å². The quantitative estimate of drug-likeness (QED) is 0.444. The molecule has 2 aliphatic rings. The summed E-state index contributed by atoms with van der Waals surface area (Å²) in [5.41, 5.74) is 0. The van der Waals surface area contributed by atoms with Crippen LogP contribution in [0.2, 0.25) is 0 Å². The molecule has 1 saturated carbocycles. The van der Waals surface area contributed by atoms with Gasteiger partial charge in [0.2, 0.25) is 0 Å². The maximum atomic E-state index is 2.33. The van der Waals surface area contributed by atoms with Gasteiger partial charge in [0.05, 0.1) is 0 Å². The van der Waals surface area contributed by atoms with Crippen LogP contribution >= 0.6 is 0 Å². The maximum Gasteiger partial charge on any atom is -0.0167 e. The minimum atomic E-state index is 0.917. The van der Waals surface area contributed by atoms with Gasteiger partial charge in [-0.15, -0.1) is 0 Å². The predicted molar refractivity (Wildman–Crippen MR) is 34.5 cm³/mol. The first kappa shape index (κ1) is 4.37. The molecule has 0 heterocycles. The average molecular weight is 106 g/mol. The zero-order chi connectivity index (χ0) is 5.40. The molecule has 0 N–H and O–H groups in total. The number of rotatable bonds is 0. The Kier molecular flexibility index (Phi) is 0.806. The summed E-state index contributed by atoms with van der Waals surface area (Å²) >= 11 is 0. The highest BCUT2D eigenvalue weighted by Crippen LogP contribution is 2.37. The molecular formula is C8H10. The van der Waals surface area contributed by atoms with Crippen molar-refractivity contribution in [3.8, 4) is 0 Å². The van der Waals surface area contributed by atoms with Crippen LogP contribution in [0.25, 0.3) is 0 Å². The molecule has 0 aromatic heterocycles. The van der Waals surface area contributed by atoms with E-state index in [4.69, 9.17) is 0 Å². The van der Waals surface area contributed by atoms with Gasteiger partial charge in [-0.05, 0) is 24.7 Å². The van der Waals surface area contributed by atoms with E-state index in [1.807, 2.05) is 0 Å². The molecule has 0 aromatic rings. The summed E-state index contributed by atoms with van der Waals surface area (Å²) in [6.45, 7) is 0. The summed E-state index contributed by atoms with van der Waals surface area (Å²) < 4.78 is 0. The van der Waals surface area contributed by atoms with E-state index in [1.54, 1.807) is 0 Å². The molecule has 2 atom stereocenters. The highest BCUT2D eigenvalue weighted by molar-refractivity contribution is 5.17. The van der Waals surface area contributed by atoms with Crippen LogP contribution < -0.4 is 0 Å². The Morgan fingerprint density at radius 2 is 1.38 bits per heavy atom. The topological polar surface area (TPSA) is 0 Å². The second kappa shape index (κ2) is 1.48. The minimum Gasteiger partial charge on any atom is -0.0808 e. The molecule has 0 heteroatoms. The van der Waals surface area contributed by atoms with Gasteiger partial charge in [-0.3, -0.25) is 0 Å². The first-order chi connectivity index (χ1) is 3.97. The van der Waals surface area contributed by atoms with Gasteiger partial charge in [0, 0.05) is 0 Å². The van der Waals surface area contributed by atoms with Gasteiger partial charge in [0.1, 0.15) is 0 Å². The maximum absolute atomic E-state index is 2.33. The van der Waals surface area contributed by atoms with E-state index in [-0.39, 0.29) is 0 Å². The Morgan fingerprint density at radius 3 is 1.62 bits per heavy atom. The molecule has 8 heavy (non-hydrogen) atoms. The zero-order valence-corrected chi connectivity index (χ0v) is 4.88. The summed E-state index contributed by atoms with van der Waals surface area (Å²) in [6.07, 6.45) is 11.8. The summed E-state index contributed by atoms with van der Waals surface area (Å²) in [6, 6.07) is 0. The van der Waals surface area contributed by atoms with Crippen molar-refractivity contribution >= 4 is 0 Å². The second-order valence-electron chi connectivity index (χ2n) is 2.67. The lowest BCUT2D eigenvalue weighted by Crippen LogP contribution is -2.22. The van der Waals surface area contributed by atoms with Gasteiger partial charge < -0.3 is 0 Å². The van der Waals surface area contributed by atoms with Crippen molar-refractivity contribution in [3.05, 3.63) is 24.3 Å². The zero-order valence-electron chi connectivity index (χ0n) is 4.88. The summed E-state index contributed by atoms with van der Waals surface area (Å²) in [7, 11) is 0. The molecular weight excluding hydrogens is 96.1 g/mol. The lowest BCUT2D eigenvalue weighted by molar-refractivity contribution is 0.283. The Bertz CT molecular complexity index is 124. The fraction of sp³-hybridized carbons (Fsp3) is 0.500. The van der Waals surface area contributed by atoms with Gasteiger partial charge >= 0.3 is 0 Å². The fourth-order valence-corrected chi connectivity index (χ4v) is 1.44. The van der Waals surface area contributed by atoms with Crippen molar-refractivity contribution in [1.82, 2.24) is 0 Å². The van der Waals surface area contributed by atoms with Crippen molar-refractivity contribution in [1.29, 1.82) is 0 Å². The molecule has 0 nitrogen and oxygen atoms in total. The van der Waals surface area contributed by atoms with Crippen molar-refractivity contribution in [2.75, 3.05) is 0 Å². The second-order valence-corrected chi connectivity index (χ2v) is 2.67. The van der Waals surface area contributed by atoms with E-state index in [0.717, 1.165) is 11.8 Å². The molecule has 0 aromatic carbocycles. The molecule has 2 aliphatic carbocycles. The van der Waals surface area contributed by atoms with E-state index in [0.29, 0.717) is 0 Å². The number of hydrogen-bond acceptors (Lipinski definition) is 0. The van der Waals surface area contributed by atoms with Gasteiger partial charge in [0.25, 0.3) is 0 Å². The third-order valence-electron chi connectivity index (χ3n) is 2.21. The Morgan fingerprint density at radius 1 is 0.875 bits per heavy atom. The van der Waals surface area contributed by atoms with Crippen LogP contribution in [0.15, 0.2) is 24.3 Å². The smallest absolute Gasteiger partial charge is 0.0167 e. The third-order valence-corrected chi connectivity index (χ3v) is 2.21. The molecule has 2 rings (SSSR count). The normalized spacial score (nSPS) is 41.0. The largest absolute Gasteiger partial charge is 0.0808 e. The standard InChI is InChI=1S/C8H10/c1-2-4-8-6-5-7(8)3-1/h1-4,7-8H,5-6H2. The van der Waals surface area contributed by atoms with Crippen LogP contribution in [-0.2, 0) is 0 Å². The van der Waals surface area contributed by atoms with Crippen LogP contribution in [0.5, 0.6) is 0 Å². The van der Waals surface area contributed by atoms with E-state index >= 15 is 0 Å². The molecule has 0 spiro atoms. The third kappa shape index (κ3) is 0.459. The molecule has 0 aliphatic heterocycles. The van der Waals surface area contributed by atoms with Crippen molar-refractivity contribution in [2.24, 2.45) is 11.8 Å². The summed E-state index contributed by atoms with van der Waals surface area (Å²) in [5.74, 6) is 1.83. The molecule has 0 radical (unpaired) electrons. The number of hydrogen-bond donors (Lipinski definition) is 0. The molecule has 0 amide bonds. The molecule has 0 saturated heterocycles. The summed E-state index contributed by atoms with van der Waals surface area (Å²) in [4.78, 5) is 0. The van der Waals surface area contributed by atoms with Crippen molar-refractivity contribution in [2.45, 2.75) is 12.8 Å². The Hall–Kier alpha value is -0.520. The predicted octanol–water partition coefficient (Wildman–Crippen LogP) is 2.14. The van der Waals surface area contributed by atoms with E-state index < -0.39 is 0 Å². The highest BCUT2D eigenvalue weighted by Gasteiger charge is 2.26. The highest BCUT2D eigenvalue weighted by atomic mass is 14.3. The Labute approximate surface area is 49.9 Å². The average Bonchev–Trinajstić information content (AvgIpc) is 1.72. The van der Waals surface area contributed by atoms with E-state index in [9.17, 15) is 0 Å². The lowest BCUT2D eigenvalue weighted by Gasteiger charge is -2.33. The first-order valence-electron chi connectivity index (χ1n) is 3.32. The van der Waals surface area contributed by atoms with Gasteiger partial charge in [-0.1, -0.05) is 24.3 Å². The number of fused-ring (bicyclic) bond motifs is 1. The van der Waals surface area contributed by atoms with Gasteiger partial charge in [-0.2, -0.15) is 0 Å². The van der Waals surface area contributed by atoms with Crippen LogP contribution in [0, 0.1) is 11.8 Å². The van der Waals surface area contributed by atoms with Crippen LogP contribution in [0.4, 0.5) is 0 Å². The van der Waals surface area contributed by atoms with Crippen LogP contribution in [0.1, 0.15) is 12.8 Å². The SMILES string of the molecule is C1=CC2CCC2C=C1. The molecule has 0 bridgehead atoms. The van der Waals surface area contributed by atoms with Crippen LogP contribution in [0.3, 0.4) is 0 Å². The molecule has 42 valence electrons. The number of allylic oxidation sites excluding steroid dienone is 4.